The minimum atomic E-state index is -0.218. The van der Waals surface area contributed by atoms with Crippen molar-refractivity contribution in [2.45, 2.75) is 6.92 Å². The van der Waals surface area contributed by atoms with Gasteiger partial charge in [-0.1, -0.05) is 28.1 Å². The lowest BCUT2D eigenvalue weighted by Crippen LogP contribution is -2.13. The van der Waals surface area contributed by atoms with Gasteiger partial charge in [-0.3, -0.25) is 4.79 Å². The van der Waals surface area contributed by atoms with E-state index in [-0.39, 0.29) is 5.91 Å². The Hall–Kier alpha value is -1.74. The van der Waals surface area contributed by atoms with E-state index in [2.05, 4.69) is 53.1 Å². The van der Waals surface area contributed by atoms with E-state index in [1.807, 2.05) is 43.3 Å². The first-order chi connectivity index (χ1) is 14.5. The SMILES string of the molecule is CCOc1ccc(C(=O)Nc2c(Br)cc(Br)cc2-c2nc3ccccc3s2)cc1Br. The molecule has 0 saturated carbocycles. The minimum absolute atomic E-state index is 0.218. The predicted molar refractivity (Wildman–Crippen MR) is 134 cm³/mol. The standard InChI is InChI=1S/C22H15Br3N2O2S/c1-2-29-18-8-7-12(9-15(18)24)21(28)27-20-14(10-13(23)11-16(20)25)22-26-17-5-3-4-6-19(17)30-22/h3-11H,2H2,1H3,(H,27,28). The first kappa shape index (κ1) is 21.5. The summed E-state index contributed by atoms with van der Waals surface area (Å²) >= 11 is 12.2. The Morgan fingerprint density at radius 1 is 1.07 bits per heavy atom. The predicted octanol–water partition coefficient (Wildman–Crippen LogP) is 7.90. The molecular formula is C22H15Br3N2O2S. The van der Waals surface area contributed by atoms with Gasteiger partial charge in [-0.15, -0.1) is 11.3 Å². The number of para-hydroxylation sites is 1. The van der Waals surface area contributed by atoms with Crippen LogP contribution >= 0.6 is 59.1 Å². The maximum Gasteiger partial charge on any atom is 0.255 e. The van der Waals surface area contributed by atoms with Crippen LogP contribution in [0.2, 0.25) is 0 Å². The van der Waals surface area contributed by atoms with Crippen molar-refractivity contribution in [3.63, 3.8) is 0 Å². The normalized spacial score (nSPS) is 10.9. The molecule has 0 atom stereocenters. The number of anilines is 1. The van der Waals surface area contributed by atoms with Gasteiger partial charge >= 0.3 is 0 Å². The third kappa shape index (κ3) is 4.46. The molecule has 1 N–H and O–H groups in total. The van der Waals surface area contributed by atoms with Gasteiger partial charge in [-0.25, -0.2) is 4.98 Å². The summed E-state index contributed by atoms with van der Waals surface area (Å²) in [6, 6.07) is 17.1. The molecule has 0 saturated heterocycles. The number of hydrogen-bond donors (Lipinski definition) is 1. The number of nitrogens with zero attached hydrogens (tertiary/aromatic N) is 1. The molecule has 0 radical (unpaired) electrons. The molecule has 0 aliphatic rings. The number of fused-ring (bicyclic) bond motifs is 1. The Bertz CT molecular complexity index is 1220. The molecule has 3 aromatic carbocycles. The van der Waals surface area contributed by atoms with Crippen LogP contribution in [0.25, 0.3) is 20.8 Å². The monoisotopic (exact) mass is 608 g/mol. The topological polar surface area (TPSA) is 51.2 Å². The summed E-state index contributed by atoms with van der Waals surface area (Å²) in [7, 11) is 0. The van der Waals surface area contributed by atoms with Gasteiger partial charge in [-0.05, 0) is 81.2 Å². The number of benzene rings is 3. The summed E-state index contributed by atoms with van der Waals surface area (Å²) < 4.78 is 9.02. The first-order valence-electron chi connectivity index (χ1n) is 9.05. The van der Waals surface area contributed by atoms with Gasteiger partial charge in [0.05, 0.1) is 27.0 Å². The Kier molecular flexibility index (Phi) is 6.57. The summed E-state index contributed by atoms with van der Waals surface area (Å²) in [6.45, 7) is 2.48. The van der Waals surface area contributed by atoms with Crippen molar-refractivity contribution >= 4 is 80.9 Å². The van der Waals surface area contributed by atoms with Crippen LogP contribution in [0, 0.1) is 0 Å². The first-order valence-corrected chi connectivity index (χ1v) is 12.2. The number of halogens is 3. The highest BCUT2D eigenvalue weighted by atomic mass is 79.9. The molecule has 0 aliphatic carbocycles. The molecule has 0 aliphatic heterocycles. The zero-order chi connectivity index (χ0) is 21.3. The maximum atomic E-state index is 13.0. The summed E-state index contributed by atoms with van der Waals surface area (Å²) in [4.78, 5) is 17.8. The molecule has 1 amide bonds. The second-order valence-corrected chi connectivity index (χ2v) is 9.98. The Morgan fingerprint density at radius 3 is 2.60 bits per heavy atom. The molecule has 30 heavy (non-hydrogen) atoms. The zero-order valence-electron chi connectivity index (χ0n) is 15.7. The van der Waals surface area contributed by atoms with Gasteiger partial charge in [-0.2, -0.15) is 0 Å². The number of carbonyl (C=O) groups is 1. The van der Waals surface area contributed by atoms with Crippen molar-refractivity contribution < 1.29 is 9.53 Å². The fraction of sp³-hybridized carbons (Fsp3) is 0.0909. The van der Waals surface area contributed by atoms with Crippen LogP contribution in [0.15, 0.2) is 68.0 Å². The third-order valence-corrected chi connectivity index (χ3v) is 7.08. The van der Waals surface area contributed by atoms with Gasteiger partial charge in [0.1, 0.15) is 10.8 Å². The fourth-order valence-electron chi connectivity index (χ4n) is 2.96. The molecule has 1 heterocycles. The number of nitrogens with one attached hydrogen (secondary N) is 1. The Morgan fingerprint density at radius 2 is 1.87 bits per heavy atom. The average Bonchev–Trinajstić information content (AvgIpc) is 3.15. The van der Waals surface area contributed by atoms with Crippen LogP contribution in [0.1, 0.15) is 17.3 Å². The number of thiazole rings is 1. The molecule has 8 heteroatoms. The Labute approximate surface area is 203 Å². The van der Waals surface area contributed by atoms with E-state index in [0.717, 1.165) is 34.2 Å². The van der Waals surface area contributed by atoms with E-state index >= 15 is 0 Å². The van der Waals surface area contributed by atoms with Crippen molar-refractivity contribution in [1.29, 1.82) is 0 Å². The summed E-state index contributed by atoms with van der Waals surface area (Å²) in [5, 5.41) is 3.88. The molecular weight excluding hydrogens is 596 g/mol. The highest BCUT2D eigenvalue weighted by Crippen LogP contribution is 2.40. The van der Waals surface area contributed by atoms with E-state index < -0.39 is 0 Å². The smallest absolute Gasteiger partial charge is 0.255 e. The van der Waals surface area contributed by atoms with Crippen molar-refractivity contribution in [2.24, 2.45) is 0 Å². The summed E-state index contributed by atoms with van der Waals surface area (Å²) in [6.07, 6.45) is 0. The molecule has 0 fully saturated rings. The van der Waals surface area contributed by atoms with Crippen LogP contribution in [0.3, 0.4) is 0 Å². The summed E-state index contributed by atoms with van der Waals surface area (Å²) in [5.74, 6) is 0.484. The fourth-order valence-corrected chi connectivity index (χ4v) is 5.76. The van der Waals surface area contributed by atoms with Crippen LogP contribution in [-0.4, -0.2) is 17.5 Å². The maximum absolute atomic E-state index is 13.0. The van der Waals surface area contributed by atoms with Crippen molar-refractivity contribution in [2.75, 3.05) is 11.9 Å². The van der Waals surface area contributed by atoms with Crippen LogP contribution in [0.4, 0.5) is 5.69 Å². The second kappa shape index (κ2) is 9.18. The molecule has 0 unspecified atom stereocenters. The molecule has 152 valence electrons. The lowest BCUT2D eigenvalue weighted by Gasteiger charge is -2.13. The van der Waals surface area contributed by atoms with Crippen LogP contribution in [0.5, 0.6) is 5.75 Å². The van der Waals surface area contributed by atoms with E-state index in [9.17, 15) is 4.79 Å². The lowest BCUT2D eigenvalue weighted by atomic mass is 10.1. The molecule has 4 aromatic rings. The number of carbonyl (C=O) groups excluding carboxylic acids is 1. The molecule has 0 bridgehead atoms. The molecule has 0 spiro atoms. The van der Waals surface area contributed by atoms with Crippen molar-refractivity contribution in [1.82, 2.24) is 4.98 Å². The third-order valence-electron chi connectivity index (χ3n) is 4.31. The van der Waals surface area contributed by atoms with Crippen LogP contribution < -0.4 is 10.1 Å². The van der Waals surface area contributed by atoms with E-state index in [4.69, 9.17) is 9.72 Å². The van der Waals surface area contributed by atoms with E-state index in [0.29, 0.717) is 23.6 Å². The number of ether oxygens (including phenoxy) is 1. The quantitative estimate of drug-likeness (QED) is 0.250. The average molecular weight is 611 g/mol. The van der Waals surface area contributed by atoms with Crippen molar-refractivity contribution in [3.8, 4) is 16.3 Å². The number of hydrogen-bond acceptors (Lipinski definition) is 4. The Balaban J connectivity index is 1.72. The minimum Gasteiger partial charge on any atom is -0.493 e. The van der Waals surface area contributed by atoms with Gasteiger partial charge in [0.15, 0.2) is 0 Å². The lowest BCUT2D eigenvalue weighted by molar-refractivity contribution is 0.102. The van der Waals surface area contributed by atoms with Crippen LogP contribution in [-0.2, 0) is 0 Å². The molecule has 1 aromatic heterocycles. The second-order valence-electron chi connectivity index (χ2n) is 6.33. The highest BCUT2D eigenvalue weighted by molar-refractivity contribution is 9.11. The molecule has 4 nitrogen and oxygen atoms in total. The van der Waals surface area contributed by atoms with Gasteiger partial charge in [0.2, 0.25) is 0 Å². The number of rotatable bonds is 5. The number of aromatic nitrogens is 1. The van der Waals surface area contributed by atoms with E-state index in [1.165, 1.54) is 0 Å². The van der Waals surface area contributed by atoms with Crippen molar-refractivity contribution in [3.05, 3.63) is 73.6 Å². The number of amides is 1. The zero-order valence-corrected chi connectivity index (χ0v) is 21.3. The van der Waals surface area contributed by atoms with Gasteiger partial charge < -0.3 is 10.1 Å². The van der Waals surface area contributed by atoms with Gasteiger partial charge in [0.25, 0.3) is 5.91 Å². The van der Waals surface area contributed by atoms with E-state index in [1.54, 1.807) is 29.5 Å². The highest BCUT2D eigenvalue weighted by Gasteiger charge is 2.18. The molecule has 4 rings (SSSR count). The van der Waals surface area contributed by atoms with Gasteiger partial charge in [0, 0.05) is 20.1 Å². The summed E-state index contributed by atoms with van der Waals surface area (Å²) in [5.41, 5.74) is 2.97. The largest absolute Gasteiger partial charge is 0.493 e.